The van der Waals surface area contributed by atoms with Crippen molar-refractivity contribution in [2.24, 2.45) is 0 Å². The van der Waals surface area contributed by atoms with E-state index in [0.29, 0.717) is 35.3 Å². The number of carbonyl (C=O) groups excluding carboxylic acids is 1. The number of hydrogen-bond acceptors (Lipinski definition) is 9. The number of methoxy groups -OCH3 is 1. The number of thiophene rings is 1. The summed E-state index contributed by atoms with van der Waals surface area (Å²) in [4.78, 5) is 24.1. The van der Waals surface area contributed by atoms with Gasteiger partial charge in [-0.2, -0.15) is 4.98 Å². The minimum Gasteiger partial charge on any atom is -0.494 e. The van der Waals surface area contributed by atoms with Crippen LogP contribution < -0.4 is 19.7 Å². The lowest BCUT2D eigenvalue weighted by molar-refractivity contribution is 0.0992. The molecule has 8 nitrogen and oxygen atoms in total. The van der Waals surface area contributed by atoms with Gasteiger partial charge in [-0.1, -0.05) is 12.1 Å². The summed E-state index contributed by atoms with van der Waals surface area (Å²) >= 11 is 1.50. The van der Waals surface area contributed by atoms with Crippen molar-refractivity contribution in [3.63, 3.8) is 0 Å². The van der Waals surface area contributed by atoms with E-state index < -0.39 is 0 Å². The SMILES string of the molecule is COc1cc(N2CCOCC2)ccc1Nc1nc(Oc2cccc3c2C(=O)CC3)c2sccc2n1. The second kappa shape index (κ2) is 9.16. The maximum Gasteiger partial charge on any atom is 0.242 e. The maximum atomic E-state index is 12.5. The Morgan fingerprint density at radius 1 is 1.06 bits per heavy atom. The molecule has 35 heavy (non-hydrogen) atoms. The molecule has 1 fully saturated rings. The van der Waals surface area contributed by atoms with Crippen molar-refractivity contribution in [1.29, 1.82) is 0 Å². The number of aryl methyl sites for hydroxylation is 1. The zero-order valence-corrected chi connectivity index (χ0v) is 20.1. The summed E-state index contributed by atoms with van der Waals surface area (Å²) in [5.74, 6) is 2.15. The van der Waals surface area contributed by atoms with Crippen LogP contribution in [0, 0.1) is 0 Å². The number of benzene rings is 2. The molecule has 0 unspecified atom stereocenters. The maximum absolute atomic E-state index is 12.5. The highest BCUT2D eigenvalue weighted by Gasteiger charge is 2.25. The van der Waals surface area contributed by atoms with E-state index in [-0.39, 0.29) is 5.78 Å². The number of fused-ring (bicyclic) bond motifs is 2. The molecular formula is C26H24N4O4S. The molecule has 2 aromatic carbocycles. The van der Waals surface area contributed by atoms with Gasteiger partial charge in [-0.25, -0.2) is 4.98 Å². The smallest absolute Gasteiger partial charge is 0.242 e. The summed E-state index contributed by atoms with van der Waals surface area (Å²) in [5.41, 5.74) is 4.28. The second-order valence-electron chi connectivity index (χ2n) is 8.41. The fraction of sp³-hybridized carbons (Fsp3) is 0.269. The van der Waals surface area contributed by atoms with Crippen LogP contribution in [0.15, 0.2) is 47.8 Å². The standard InChI is InChI=1S/C26H24N4O4S/c1-32-22-15-17(30-10-12-33-13-11-30)6-7-18(22)27-26-28-19-9-14-35-24(19)25(29-26)34-21-4-2-3-16-5-8-20(31)23(16)21/h2-4,6-7,9,14-15H,5,8,10-13H2,1H3,(H,27,28,29). The van der Waals surface area contributed by atoms with E-state index in [1.165, 1.54) is 11.3 Å². The van der Waals surface area contributed by atoms with Crippen LogP contribution in [0.2, 0.25) is 0 Å². The Kier molecular flexibility index (Phi) is 5.71. The molecule has 0 amide bonds. The first-order valence-electron chi connectivity index (χ1n) is 11.6. The van der Waals surface area contributed by atoms with Gasteiger partial charge in [0.15, 0.2) is 5.78 Å². The molecule has 6 rings (SSSR count). The highest BCUT2D eigenvalue weighted by Crippen LogP contribution is 2.38. The van der Waals surface area contributed by atoms with Crippen LogP contribution >= 0.6 is 11.3 Å². The van der Waals surface area contributed by atoms with Crippen LogP contribution in [0.5, 0.6) is 17.4 Å². The quantitative estimate of drug-likeness (QED) is 0.396. The number of carbonyl (C=O) groups is 1. The van der Waals surface area contributed by atoms with Crippen LogP contribution in [-0.2, 0) is 11.2 Å². The first-order chi connectivity index (χ1) is 17.2. The summed E-state index contributed by atoms with van der Waals surface area (Å²) in [6.07, 6.45) is 1.26. The Morgan fingerprint density at radius 3 is 2.80 bits per heavy atom. The molecule has 1 N–H and O–H groups in total. The normalized spacial score (nSPS) is 15.3. The Hall–Kier alpha value is -3.69. The second-order valence-corrected chi connectivity index (χ2v) is 9.33. The van der Waals surface area contributed by atoms with Gasteiger partial charge < -0.3 is 24.4 Å². The number of anilines is 3. The lowest BCUT2D eigenvalue weighted by atomic mass is 10.1. The van der Waals surface area contributed by atoms with E-state index >= 15 is 0 Å². The average Bonchev–Trinajstić information content (AvgIpc) is 3.52. The van der Waals surface area contributed by atoms with E-state index in [4.69, 9.17) is 14.2 Å². The van der Waals surface area contributed by atoms with Crippen molar-refractivity contribution in [2.75, 3.05) is 43.6 Å². The van der Waals surface area contributed by atoms with Crippen molar-refractivity contribution in [1.82, 2.24) is 9.97 Å². The summed E-state index contributed by atoms with van der Waals surface area (Å²) in [6, 6.07) is 13.7. The number of hydrogen-bond donors (Lipinski definition) is 1. The van der Waals surface area contributed by atoms with E-state index in [1.807, 2.05) is 41.8 Å². The molecule has 178 valence electrons. The predicted octanol–water partition coefficient (Wildman–Crippen LogP) is 5.20. The third kappa shape index (κ3) is 4.17. The van der Waals surface area contributed by atoms with Gasteiger partial charge >= 0.3 is 0 Å². The Morgan fingerprint density at radius 2 is 1.94 bits per heavy atom. The molecule has 0 bridgehead atoms. The van der Waals surface area contributed by atoms with Gasteiger partial charge in [0.2, 0.25) is 11.8 Å². The molecule has 0 radical (unpaired) electrons. The third-order valence-corrected chi connectivity index (χ3v) is 7.19. The number of rotatable bonds is 6. The lowest BCUT2D eigenvalue weighted by Gasteiger charge is -2.29. The summed E-state index contributed by atoms with van der Waals surface area (Å²) in [6.45, 7) is 3.13. The van der Waals surface area contributed by atoms with Crippen molar-refractivity contribution in [3.8, 4) is 17.4 Å². The Bertz CT molecular complexity index is 1410. The number of nitrogens with zero attached hydrogens (tertiary/aromatic N) is 3. The highest BCUT2D eigenvalue weighted by atomic mass is 32.1. The monoisotopic (exact) mass is 488 g/mol. The Labute approximate surface area is 206 Å². The number of ether oxygens (including phenoxy) is 3. The van der Waals surface area contributed by atoms with Crippen LogP contribution in [0.1, 0.15) is 22.3 Å². The van der Waals surface area contributed by atoms with E-state index in [1.54, 1.807) is 7.11 Å². The molecular weight excluding hydrogens is 464 g/mol. The number of aromatic nitrogens is 2. The van der Waals surface area contributed by atoms with Crippen LogP contribution in [0.25, 0.3) is 10.2 Å². The van der Waals surface area contributed by atoms with E-state index in [2.05, 4.69) is 26.3 Å². The topological polar surface area (TPSA) is 85.8 Å². The van der Waals surface area contributed by atoms with E-state index in [0.717, 1.165) is 59.9 Å². The zero-order chi connectivity index (χ0) is 23.8. The summed E-state index contributed by atoms with van der Waals surface area (Å²) < 4.78 is 18.2. The fourth-order valence-corrected chi connectivity index (χ4v) is 5.30. The van der Waals surface area contributed by atoms with Crippen molar-refractivity contribution in [3.05, 3.63) is 59.0 Å². The van der Waals surface area contributed by atoms with Gasteiger partial charge in [0.05, 0.1) is 37.1 Å². The first-order valence-corrected chi connectivity index (χ1v) is 12.4. The minimum absolute atomic E-state index is 0.107. The lowest BCUT2D eigenvalue weighted by Crippen LogP contribution is -2.36. The molecule has 0 atom stereocenters. The fourth-order valence-electron chi connectivity index (χ4n) is 4.55. The summed E-state index contributed by atoms with van der Waals surface area (Å²) in [5, 5.41) is 5.24. The van der Waals surface area contributed by atoms with Gasteiger partial charge in [0.1, 0.15) is 16.2 Å². The predicted molar refractivity (Wildman–Crippen MR) is 136 cm³/mol. The average molecular weight is 489 g/mol. The van der Waals surface area contributed by atoms with Crippen LogP contribution in [0.3, 0.4) is 0 Å². The third-order valence-electron chi connectivity index (χ3n) is 6.30. The van der Waals surface area contributed by atoms with Crippen molar-refractivity contribution < 1.29 is 19.0 Å². The molecule has 2 aliphatic rings. The van der Waals surface area contributed by atoms with E-state index in [9.17, 15) is 4.79 Å². The number of Topliss-reactive ketones (excluding diaryl/α,β-unsaturated/α-hetero) is 1. The number of nitrogens with one attached hydrogen (secondary N) is 1. The molecule has 1 saturated heterocycles. The molecule has 0 saturated carbocycles. The first kappa shape index (κ1) is 21.8. The molecule has 4 aromatic rings. The van der Waals surface area contributed by atoms with Crippen LogP contribution in [-0.4, -0.2) is 49.2 Å². The molecule has 1 aliphatic heterocycles. The van der Waals surface area contributed by atoms with Gasteiger partial charge in [0, 0.05) is 31.3 Å². The molecule has 3 heterocycles. The Balaban J connectivity index is 1.33. The van der Waals surface area contributed by atoms with Crippen molar-refractivity contribution >= 4 is 44.7 Å². The highest BCUT2D eigenvalue weighted by molar-refractivity contribution is 7.17. The molecule has 2 aromatic heterocycles. The zero-order valence-electron chi connectivity index (χ0n) is 19.2. The van der Waals surface area contributed by atoms with Crippen LogP contribution in [0.4, 0.5) is 17.3 Å². The van der Waals surface area contributed by atoms with Gasteiger partial charge in [0.25, 0.3) is 0 Å². The van der Waals surface area contributed by atoms with Crippen molar-refractivity contribution in [2.45, 2.75) is 12.8 Å². The summed E-state index contributed by atoms with van der Waals surface area (Å²) in [7, 11) is 1.65. The molecule has 0 spiro atoms. The van der Waals surface area contributed by atoms with Gasteiger partial charge in [-0.05, 0) is 41.6 Å². The number of morpholine rings is 1. The molecule has 9 heteroatoms. The van der Waals surface area contributed by atoms with Gasteiger partial charge in [-0.15, -0.1) is 11.3 Å². The minimum atomic E-state index is 0.107. The number of ketones is 1. The largest absolute Gasteiger partial charge is 0.494 e. The van der Waals surface area contributed by atoms with Gasteiger partial charge in [-0.3, -0.25) is 4.79 Å². The molecule has 1 aliphatic carbocycles.